The van der Waals surface area contributed by atoms with Gasteiger partial charge in [0.25, 0.3) is 5.56 Å². The highest BCUT2D eigenvalue weighted by atomic mass is 16.1. The fraction of sp³-hybridized carbons (Fsp3) is 0.450. The van der Waals surface area contributed by atoms with Gasteiger partial charge in [-0.1, -0.05) is 12.1 Å². The molecule has 1 aliphatic rings. The van der Waals surface area contributed by atoms with E-state index in [4.69, 9.17) is 5.10 Å². The van der Waals surface area contributed by atoms with Crippen molar-refractivity contribution in [2.24, 2.45) is 0 Å². The summed E-state index contributed by atoms with van der Waals surface area (Å²) in [4.78, 5) is 22.2. The lowest BCUT2D eigenvalue weighted by Crippen LogP contribution is -2.31. The molecule has 0 spiro atoms. The fourth-order valence-electron chi connectivity index (χ4n) is 3.59. The van der Waals surface area contributed by atoms with Crippen molar-refractivity contribution >= 4 is 10.9 Å². The summed E-state index contributed by atoms with van der Waals surface area (Å²) in [6.07, 6.45) is 3.58. The monoisotopic (exact) mass is 351 g/mol. The van der Waals surface area contributed by atoms with E-state index in [0.29, 0.717) is 23.8 Å². The van der Waals surface area contributed by atoms with Crippen molar-refractivity contribution in [1.29, 1.82) is 0 Å². The normalized spacial score (nSPS) is 14.3. The van der Waals surface area contributed by atoms with Crippen LogP contribution in [0.25, 0.3) is 10.9 Å². The quantitative estimate of drug-likeness (QED) is 0.767. The zero-order chi connectivity index (χ0) is 18.1. The smallest absolute Gasteiger partial charge is 0.258 e. The van der Waals surface area contributed by atoms with Gasteiger partial charge in [0.05, 0.1) is 23.1 Å². The maximum absolute atomic E-state index is 12.3. The average molecular weight is 351 g/mol. The first-order valence-corrected chi connectivity index (χ1v) is 9.38. The molecule has 1 N–H and O–H groups in total. The van der Waals surface area contributed by atoms with E-state index in [1.807, 2.05) is 18.2 Å². The second-order valence-corrected chi connectivity index (χ2v) is 7.34. The Labute approximate surface area is 152 Å². The minimum atomic E-state index is -0.0771. The summed E-state index contributed by atoms with van der Waals surface area (Å²) in [6, 6.07) is 10.0. The molecular formula is C20H25N5O. The number of aryl methyl sites for hydroxylation is 2. The molecule has 26 heavy (non-hydrogen) atoms. The predicted octanol–water partition coefficient (Wildman–Crippen LogP) is 2.87. The molecule has 0 saturated carbocycles. The van der Waals surface area contributed by atoms with E-state index in [1.54, 1.807) is 6.07 Å². The molecule has 4 rings (SSSR count). The number of nitrogens with one attached hydrogen (secondary N) is 1. The van der Waals surface area contributed by atoms with Crippen LogP contribution in [0.2, 0.25) is 0 Å². The van der Waals surface area contributed by atoms with E-state index in [-0.39, 0.29) is 5.56 Å². The van der Waals surface area contributed by atoms with Gasteiger partial charge in [0.1, 0.15) is 5.82 Å². The van der Waals surface area contributed by atoms with Gasteiger partial charge in [0, 0.05) is 24.8 Å². The fourth-order valence-corrected chi connectivity index (χ4v) is 3.59. The molecule has 3 aromatic rings. The van der Waals surface area contributed by atoms with Crippen molar-refractivity contribution < 1.29 is 0 Å². The zero-order valence-electron chi connectivity index (χ0n) is 15.4. The Hall–Kier alpha value is -2.47. The molecule has 0 aliphatic carbocycles. The molecule has 1 aliphatic heterocycles. The highest BCUT2D eigenvalue weighted by molar-refractivity contribution is 5.77. The van der Waals surface area contributed by atoms with Crippen molar-refractivity contribution in [3.63, 3.8) is 0 Å². The summed E-state index contributed by atoms with van der Waals surface area (Å²) in [7, 11) is 0. The van der Waals surface area contributed by atoms with Gasteiger partial charge in [-0.3, -0.25) is 14.4 Å². The number of para-hydroxylation sites is 1. The summed E-state index contributed by atoms with van der Waals surface area (Å²) in [6.45, 7) is 6.70. The molecule has 0 atom stereocenters. The lowest BCUT2D eigenvalue weighted by Gasteiger charge is -2.25. The molecule has 6 heteroatoms. The number of nitrogens with zero attached hydrogens (tertiary/aromatic N) is 4. The molecule has 0 unspecified atom stereocenters. The third kappa shape index (κ3) is 3.42. The SMILES string of the molecule is CC(C)N(Cc1cc2n(n1)CCCC2)Cc1nc2ccccc2c(=O)[nH]1. The van der Waals surface area contributed by atoms with Crippen LogP contribution in [0.1, 0.15) is 43.9 Å². The predicted molar refractivity (Wildman–Crippen MR) is 102 cm³/mol. The first-order valence-electron chi connectivity index (χ1n) is 9.38. The van der Waals surface area contributed by atoms with Crippen LogP contribution in [0.3, 0.4) is 0 Å². The Balaban J connectivity index is 1.57. The number of H-pyrrole nitrogens is 1. The maximum Gasteiger partial charge on any atom is 0.258 e. The van der Waals surface area contributed by atoms with Crippen LogP contribution in [-0.4, -0.2) is 30.7 Å². The van der Waals surface area contributed by atoms with Crippen molar-refractivity contribution in [3.8, 4) is 0 Å². The Morgan fingerprint density at radius 1 is 1.23 bits per heavy atom. The minimum absolute atomic E-state index is 0.0771. The summed E-state index contributed by atoms with van der Waals surface area (Å²) in [5, 5.41) is 5.40. The highest BCUT2D eigenvalue weighted by Crippen LogP contribution is 2.18. The van der Waals surface area contributed by atoms with Gasteiger partial charge in [-0.2, -0.15) is 5.10 Å². The molecule has 3 heterocycles. The van der Waals surface area contributed by atoms with E-state index in [1.165, 1.54) is 18.5 Å². The zero-order valence-corrected chi connectivity index (χ0v) is 15.4. The Kier molecular flexibility index (Phi) is 4.59. The number of rotatable bonds is 5. The maximum atomic E-state index is 12.3. The van der Waals surface area contributed by atoms with Crippen molar-refractivity contribution in [2.75, 3.05) is 0 Å². The van der Waals surface area contributed by atoms with E-state index < -0.39 is 0 Å². The summed E-state index contributed by atoms with van der Waals surface area (Å²) in [5.74, 6) is 0.700. The van der Waals surface area contributed by atoms with Crippen molar-refractivity contribution in [3.05, 3.63) is 57.9 Å². The standard InChI is InChI=1S/C20H25N5O/c1-14(2)24(12-15-11-16-7-5-6-10-25(16)23-15)13-19-21-18-9-4-3-8-17(18)20(26)22-19/h3-4,8-9,11,14H,5-7,10,12-13H2,1-2H3,(H,21,22,26). The van der Waals surface area contributed by atoms with Gasteiger partial charge in [0.2, 0.25) is 0 Å². The van der Waals surface area contributed by atoms with E-state index >= 15 is 0 Å². The number of aromatic amines is 1. The molecule has 0 amide bonds. The number of benzene rings is 1. The number of fused-ring (bicyclic) bond motifs is 2. The number of hydrogen-bond acceptors (Lipinski definition) is 4. The summed E-state index contributed by atoms with van der Waals surface area (Å²) in [5.41, 5.74) is 3.10. The molecule has 136 valence electrons. The van der Waals surface area contributed by atoms with Crippen molar-refractivity contribution in [2.45, 2.75) is 58.8 Å². The first-order chi connectivity index (χ1) is 12.6. The first kappa shape index (κ1) is 17.0. The van der Waals surface area contributed by atoms with Crippen LogP contribution in [0, 0.1) is 0 Å². The van der Waals surface area contributed by atoms with Gasteiger partial charge in [-0.05, 0) is 51.3 Å². The molecule has 0 saturated heterocycles. The molecule has 0 radical (unpaired) electrons. The van der Waals surface area contributed by atoms with E-state index in [2.05, 4.69) is 39.5 Å². The van der Waals surface area contributed by atoms with Crippen LogP contribution in [0.15, 0.2) is 35.1 Å². The molecular weight excluding hydrogens is 326 g/mol. The second-order valence-electron chi connectivity index (χ2n) is 7.34. The van der Waals surface area contributed by atoms with Crippen molar-refractivity contribution in [1.82, 2.24) is 24.6 Å². The van der Waals surface area contributed by atoms with Crippen LogP contribution in [-0.2, 0) is 26.1 Å². The largest absolute Gasteiger partial charge is 0.309 e. The highest BCUT2D eigenvalue weighted by Gasteiger charge is 2.17. The lowest BCUT2D eigenvalue weighted by molar-refractivity contribution is 0.195. The minimum Gasteiger partial charge on any atom is -0.309 e. The summed E-state index contributed by atoms with van der Waals surface area (Å²) < 4.78 is 2.15. The molecule has 1 aromatic carbocycles. The molecule has 0 bridgehead atoms. The molecule has 0 fully saturated rings. The summed E-state index contributed by atoms with van der Waals surface area (Å²) >= 11 is 0. The topological polar surface area (TPSA) is 66.8 Å². The van der Waals surface area contributed by atoms with Crippen LogP contribution in [0.4, 0.5) is 0 Å². The second kappa shape index (κ2) is 7.03. The third-order valence-corrected chi connectivity index (χ3v) is 5.08. The average Bonchev–Trinajstić information content (AvgIpc) is 3.03. The van der Waals surface area contributed by atoms with Crippen LogP contribution < -0.4 is 5.56 Å². The van der Waals surface area contributed by atoms with E-state index in [0.717, 1.165) is 30.7 Å². The van der Waals surface area contributed by atoms with Gasteiger partial charge in [-0.25, -0.2) is 4.98 Å². The third-order valence-electron chi connectivity index (χ3n) is 5.08. The Morgan fingerprint density at radius 3 is 2.88 bits per heavy atom. The van der Waals surface area contributed by atoms with Crippen LogP contribution >= 0.6 is 0 Å². The number of hydrogen-bond donors (Lipinski definition) is 1. The Bertz CT molecular complexity index is 948. The Morgan fingerprint density at radius 2 is 2.08 bits per heavy atom. The van der Waals surface area contributed by atoms with Gasteiger partial charge in [0.15, 0.2) is 0 Å². The van der Waals surface area contributed by atoms with Crippen LogP contribution in [0.5, 0.6) is 0 Å². The molecule has 2 aromatic heterocycles. The molecule has 6 nitrogen and oxygen atoms in total. The van der Waals surface area contributed by atoms with Gasteiger partial charge < -0.3 is 4.98 Å². The van der Waals surface area contributed by atoms with Gasteiger partial charge in [-0.15, -0.1) is 0 Å². The van der Waals surface area contributed by atoms with Gasteiger partial charge >= 0.3 is 0 Å². The lowest BCUT2D eigenvalue weighted by atomic mass is 10.1. The number of aromatic nitrogens is 4. The van der Waals surface area contributed by atoms with E-state index in [9.17, 15) is 4.79 Å².